The number of Topliss-reactive ketones (excluding diaryl/α,β-unsaturated/α-hetero) is 2. The molecule has 2 heterocycles. The van der Waals surface area contributed by atoms with Crippen molar-refractivity contribution >= 4 is 11.6 Å². The molecule has 2 N–H and O–H groups in total. The van der Waals surface area contributed by atoms with Crippen molar-refractivity contribution in [1.82, 2.24) is 0 Å². The standard InChI is InChI=1S/C17H16O2.C15H12O4/c1-11-3-6-13(7-4-11)15-10-19-16-9-12(2)5-8-14(16)17(15)18;16-10-3-1-9(2-4-10)13-8-19-14-7-11(17)5-6-12(14)15(13)18/h3-9,15H,10H2,1-2H3;1-7,13,16-17H,8H2. The summed E-state index contributed by atoms with van der Waals surface area (Å²) in [5, 5.41) is 18.6. The topological polar surface area (TPSA) is 93.1 Å². The summed E-state index contributed by atoms with van der Waals surface area (Å²) in [6.07, 6.45) is 0. The number of rotatable bonds is 2. The quantitative estimate of drug-likeness (QED) is 0.339. The highest BCUT2D eigenvalue weighted by Gasteiger charge is 2.31. The van der Waals surface area contributed by atoms with Gasteiger partial charge in [0.1, 0.15) is 36.2 Å². The average molecular weight is 509 g/mol. The van der Waals surface area contributed by atoms with Crippen LogP contribution in [0.25, 0.3) is 0 Å². The third kappa shape index (κ3) is 5.11. The Hall–Kier alpha value is -4.58. The van der Waals surface area contributed by atoms with Crippen LogP contribution in [0.4, 0.5) is 0 Å². The largest absolute Gasteiger partial charge is 0.508 e. The van der Waals surface area contributed by atoms with Crippen LogP contribution in [0, 0.1) is 13.8 Å². The summed E-state index contributed by atoms with van der Waals surface area (Å²) in [5.41, 5.74) is 5.32. The maximum absolute atomic E-state index is 12.5. The van der Waals surface area contributed by atoms with Crippen LogP contribution >= 0.6 is 0 Å². The molecule has 0 saturated heterocycles. The molecule has 6 rings (SSSR count). The van der Waals surface area contributed by atoms with Crippen molar-refractivity contribution in [2.24, 2.45) is 0 Å². The molecule has 0 bridgehead atoms. The molecule has 0 saturated carbocycles. The first-order chi connectivity index (χ1) is 18.3. The van der Waals surface area contributed by atoms with Gasteiger partial charge in [-0.15, -0.1) is 0 Å². The third-order valence-electron chi connectivity index (χ3n) is 6.85. The molecule has 192 valence electrons. The molecule has 0 spiro atoms. The summed E-state index contributed by atoms with van der Waals surface area (Å²) in [6.45, 7) is 4.71. The summed E-state index contributed by atoms with van der Waals surface area (Å²) < 4.78 is 11.3. The molecule has 4 aromatic rings. The van der Waals surface area contributed by atoms with Gasteiger partial charge in [-0.2, -0.15) is 0 Å². The number of carbonyl (C=O) groups excluding carboxylic acids is 2. The van der Waals surface area contributed by atoms with E-state index in [9.17, 15) is 19.8 Å². The number of hydrogen-bond acceptors (Lipinski definition) is 6. The first-order valence-corrected chi connectivity index (χ1v) is 12.4. The van der Waals surface area contributed by atoms with Gasteiger partial charge in [-0.1, -0.05) is 48.0 Å². The van der Waals surface area contributed by atoms with Crippen molar-refractivity contribution < 1.29 is 29.3 Å². The molecule has 38 heavy (non-hydrogen) atoms. The Morgan fingerprint density at radius 3 is 1.61 bits per heavy atom. The van der Waals surface area contributed by atoms with Gasteiger partial charge >= 0.3 is 0 Å². The molecular formula is C32H28O6. The van der Waals surface area contributed by atoms with E-state index in [2.05, 4.69) is 0 Å². The van der Waals surface area contributed by atoms with Crippen molar-refractivity contribution in [3.8, 4) is 23.0 Å². The Kier molecular flexibility index (Phi) is 6.88. The zero-order valence-corrected chi connectivity index (χ0v) is 21.2. The highest BCUT2D eigenvalue weighted by Crippen LogP contribution is 2.35. The molecule has 0 aromatic heterocycles. The van der Waals surface area contributed by atoms with E-state index in [0.717, 1.165) is 16.7 Å². The number of aryl methyl sites for hydroxylation is 2. The number of ketones is 2. The SMILES string of the molecule is Cc1ccc(C2COc3cc(C)ccc3C2=O)cc1.O=C1c2ccc(O)cc2OCC1c1ccc(O)cc1. The van der Waals surface area contributed by atoms with E-state index in [1.165, 1.54) is 17.7 Å². The highest BCUT2D eigenvalue weighted by molar-refractivity contribution is 6.05. The number of hydrogen-bond donors (Lipinski definition) is 2. The van der Waals surface area contributed by atoms with Gasteiger partial charge in [0.25, 0.3) is 0 Å². The van der Waals surface area contributed by atoms with Crippen LogP contribution in [0.3, 0.4) is 0 Å². The van der Waals surface area contributed by atoms with Gasteiger partial charge in [-0.25, -0.2) is 0 Å². The summed E-state index contributed by atoms with van der Waals surface area (Å²) >= 11 is 0. The van der Waals surface area contributed by atoms with Gasteiger partial charge in [0.2, 0.25) is 0 Å². The van der Waals surface area contributed by atoms with Crippen molar-refractivity contribution in [3.63, 3.8) is 0 Å². The number of aromatic hydroxyl groups is 2. The molecule has 6 heteroatoms. The zero-order valence-electron chi connectivity index (χ0n) is 21.2. The lowest BCUT2D eigenvalue weighted by Crippen LogP contribution is -2.26. The fourth-order valence-corrected chi connectivity index (χ4v) is 4.66. The Balaban J connectivity index is 0.000000155. The van der Waals surface area contributed by atoms with E-state index < -0.39 is 0 Å². The van der Waals surface area contributed by atoms with Crippen LogP contribution in [-0.2, 0) is 0 Å². The lowest BCUT2D eigenvalue weighted by Gasteiger charge is -2.24. The first kappa shape index (κ1) is 25.1. The van der Waals surface area contributed by atoms with Gasteiger partial charge in [0.05, 0.1) is 23.0 Å². The Bertz CT molecular complexity index is 1370. The second kappa shape index (κ2) is 10.4. The number of benzene rings is 4. The summed E-state index contributed by atoms with van der Waals surface area (Å²) in [4.78, 5) is 24.9. The second-order valence-corrected chi connectivity index (χ2v) is 9.64. The van der Waals surface area contributed by atoms with Crippen LogP contribution < -0.4 is 9.47 Å². The lowest BCUT2D eigenvalue weighted by molar-refractivity contribution is 0.0887. The molecule has 0 fully saturated rings. The molecule has 0 amide bonds. The van der Waals surface area contributed by atoms with E-state index in [0.29, 0.717) is 29.2 Å². The van der Waals surface area contributed by atoms with Gasteiger partial charge in [-0.05, 0) is 66.9 Å². The van der Waals surface area contributed by atoms with Crippen molar-refractivity contribution in [1.29, 1.82) is 0 Å². The van der Waals surface area contributed by atoms with Crippen LogP contribution in [-0.4, -0.2) is 35.0 Å². The fourth-order valence-electron chi connectivity index (χ4n) is 4.66. The van der Waals surface area contributed by atoms with Crippen LogP contribution in [0.2, 0.25) is 0 Å². The lowest BCUT2D eigenvalue weighted by atomic mass is 9.88. The molecule has 0 aliphatic carbocycles. The number of phenols is 2. The average Bonchev–Trinajstić information content (AvgIpc) is 2.91. The molecule has 4 aromatic carbocycles. The van der Waals surface area contributed by atoms with Gasteiger partial charge in [0.15, 0.2) is 11.6 Å². The Morgan fingerprint density at radius 1 is 0.579 bits per heavy atom. The summed E-state index contributed by atoms with van der Waals surface area (Å²) in [6, 6.07) is 24.9. The second-order valence-electron chi connectivity index (χ2n) is 9.64. The third-order valence-corrected chi connectivity index (χ3v) is 6.85. The van der Waals surface area contributed by atoms with Crippen LogP contribution in [0.5, 0.6) is 23.0 Å². The first-order valence-electron chi connectivity index (χ1n) is 12.4. The number of phenolic OH excluding ortho intramolecular Hbond substituents is 2. The van der Waals surface area contributed by atoms with Gasteiger partial charge in [-0.3, -0.25) is 9.59 Å². The maximum atomic E-state index is 12.5. The normalized spacial score (nSPS) is 17.7. The Labute approximate surface area is 221 Å². The molecule has 2 aliphatic rings. The minimum absolute atomic E-state index is 0.0352. The van der Waals surface area contributed by atoms with Crippen LogP contribution in [0.1, 0.15) is 54.8 Å². The number of fused-ring (bicyclic) bond motifs is 2. The molecular weight excluding hydrogens is 480 g/mol. The van der Waals surface area contributed by atoms with Crippen molar-refractivity contribution in [2.45, 2.75) is 25.7 Å². The molecule has 2 atom stereocenters. The smallest absolute Gasteiger partial charge is 0.177 e. The highest BCUT2D eigenvalue weighted by atomic mass is 16.5. The van der Waals surface area contributed by atoms with E-state index in [1.807, 2.05) is 56.3 Å². The predicted molar refractivity (Wildman–Crippen MR) is 144 cm³/mol. The van der Waals surface area contributed by atoms with Crippen molar-refractivity contribution in [2.75, 3.05) is 13.2 Å². The summed E-state index contributed by atoms with van der Waals surface area (Å²) in [5.74, 6) is 0.937. The monoisotopic (exact) mass is 508 g/mol. The zero-order chi connectivity index (χ0) is 26.8. The van der Waals surface area contributed by atoms with Crippen molar-refractivity contribution in [3.05, 3.63) is 118 Å². The number of ether oxygens (including phenoxy) is 2. The van der Waals surface area contributed by atoms with Crippen LogP contribution in [0.15, 0.2) is 84.9 Å². The molecule has 2 unspecified atom stereocenters. The molecule has 0 radical (unpaired) electrons. The van der Waals surface area contributed by atoms with E-state index in [-0.39, 0.29) is 41.5 Å². The van der Waals surface area contributed by atoms with Gasteiger partial charge < -0.3 is 19.7 Å². The molecule has 6 nitrogen and oxygen atoms in total. The summed E-state index contributed by atoms with van der Waals surface area (Å²) in [7, 11) is 0. The van der Waals surface area contributed by atoms with E-state index >= 15 is 0 Å². The van der Waals surface area contributed by atoms with Gasteiger partial charge in [0, 0.05) is 6.07 Å². The predicted octanol–water partition coefficient (Wildman–Crippen LogP) is 6.12. The van der Waals surface area contributed by atoms with E-state index in [1.54, 1.807) is 30.3 Å². The fraction of sp³-hybridized carbons (Fsp3) is 0.188. The minimum atomic E-state index is -0.377. The Morgan fingerprint density at radius 2 is 1.03 bits per heavy atom. The minimum Gasteiger partial charge on any atom is -0.508 e. The number of carbonyl (C=O) groups is 2. The van der Waals surface area contributed by atoms with E-state index in [4.69, 9.17) is 9.47 Å². The maximum Gasteiger partial charge on any atom is 0.177 e. The molecule has 2 aliphatic heterocycles.